The summed E-state index contributed by atoms with van der Waals surface area (Å²) in [5.41, 5.74) is 6.47. The molecule has 0 aliphatic heterocycles. The average molecular weight is 393 g/mol. The summed E-state index contributed by atoms with van der Waals surface area (Å²) in [7, 11) is -2.50. The summed E-state index contributed by atoms with van der Waals surface area (Å²) in [6, 6.07) is 4.57. The average Bonchev–Trinajstić information content (AvgIpc) is 2.93. The van der Waals surface area contributed by atoms with E-state index >= 15 is 0 Å². The molecule has 0 radical (unpaired) electrons. The Kier molecular flexibility index (Phi) is 5.15. The molecule has 114 valence electrons. The fraction of sp³-hybridized carbons (Fsp3) is 0.231. The van der Waals surface area contributed by atoms with Crippen molar-refractivity contribution in [1.29, 1.82) is 0 Å². The van der Waals surface area contributed by atoms with Gasteiger partial charge in [-0.2, -0.15) is 15.6 Å². The lowest BCUT2D eigenvalue weighted by atomic mass is 10.2. The van der Waals surface area contributed by atoms with Crippen LogP contribution in [0.15, 0.2) is 38.3 Å². The minimum absolute atomic E-state index is 0.0674. The SMILES string of the molecule is CN(Cc1ccsc1)S(=O)(=O)c1cc(Br)cc(CN)c1F. The second-order valence-electron chi connectivity index (χ2n) is 4.47. The van der Waals surface area contributed by atoms with Crippen LogP contribution in [0.2, 0.25) is 0 Å². The molecule has 0 aliphatic carbocycles. The van der Waals surface area contributed by atoms with Gasteiger partial charge in [-0.15, -0.1) is 0 Å². The van der Waals surface area contributed by atoms with Gasteiger partial charge in [0, 0.05) is 30.2 Å². The van der Waals surface area contributed by atoms with Gasteiger partial charge in [-0.3, -0.25) is 0 Å². The third-order valence-electron chi connectivity index (χ3n) is 2.97. The molecule has 1 aromatic heterocycles. The van der Waals surface area contributed by atoms with Gasteiger partial charge in [-0.05, 0) is 34.5 Å². The lowest BCUT2D eigenvalue weighted by Crippen LogP contribution is -2.27. The summed E-state index contributed by atoms with van der Waals surface area (Å²) in [5.74, 6) is -0.794. The van der Waals surface area contributed by atoms with Crippen LogP contribution in [0.5, 0.6) is 0 Å². The lowest BCUT2D eigenvalue weighted by Gasteiger charge is -2.18. The lowest BCUT2D eigenvalue weighted by molar-refractivity contribution is 0.459. The normalized spacial score (nSPS) is 12.0. The number of sulfonamides is 1. The van der Waals surface area contributed by atoms with Gasteiger partial charge in [0.25, 0.3) is 0 Å². The van der Waals surface area contributed by atoms with E-state index in [1.165, 1.54) is 30.5 Å². The number of nitrogens with zero attached hydrogens (tertiary/aromatic N) is 1. The van der Waals surface area contributed by atoms with Crippen LogP contribution in [0.3, 0.4) is 0 Å². The summed E-state index contributed by atoms with van der Waals surface area (Å²) in [6.07, 6.45) is 0. The van der Waals surface area contributed by atoms with Crippen LogP contribution in [0.1, 0.15) is 11.1 Å². The molecule has 0 saturated heterocycles. The predicted octanol–water partition coefficient (Wildman–Crippen LogP) is 2.93. The van der Waals surface area contributed by atoms with Crippen molar-refractivity contribution in [1.82, 2.24) is 4.31 Å². The van der Waals surface area contributed by atoms with Crippen molar-refractivity contribution in [2.75, 3.05) is 7.05 Å². The van der Waals surface area contributed by atoms with Crippen molar-refractivity contribution >= 4 is 37.3 Å². The van der Waals surface area contributed by atoms with Crippen LogP contribution in [0, 0.1) is 5.82 Å². The van der Waals surface area contributed by atoms with E-state index in [-0.39, 0.29) is 23.5 Å². The van der Waals surface area contributed by atoms with Crippen molar-refractivity contribution < 1.29 is 12.8 Å². The van der Waals surface area contributed by atoms with E-state index in [1.807, 2.05) is 16.8 Å². The molecule has 0 unspecified atom stereocenters. The quantitative estimate of drug-likeness (QED) is 0.850. The highest BCUT2D eigenvalue weighted by molar-refractivity contribution is 9.10. The standard InChI is InChI=1S/C13H14BrFN2O2S2/c1-17(7-9-2-3-20-8-9)21(18,19)12-5-11(14)4-10(6-16)13(12)15/h2-5,8H,6-7,16H2,1H3. The first-order valence-electron chi connectivity index (χ1n) is 6.01. The number of nitrogens with two attached hydrogens (primary N) is 1. The molecule has 1 heterocycles. The molecular formula is C13H14BrFN2O2S2. The Morgan fingerprint density at radius 1 is 1.43 bits per heavy atom. The van der Waals surface area contributed by atoms with Gasteiger partial charge >= 0.3 is 0 Å². The second kappa shape index (κ2) is 6.53. The first-order valence-corrected chi connectivity index (χ1v) is 9.19. The molecular weight excluding hydrogens is 379 g/mol. The van der Waals surface area contributed by atoms with Crippen LogP contribution in [-0.4, -0.2) is 19.8 Å². The minimum atomic E-state index is -3.92. The highest BCUT2D eigenvalue weighted by Gasteiger charge is 2.26. The topological polar surface area (TPSA) is 63.4 Å². The molecule has 0 spiro atoms. The number of halogens is 2. The Balaban J connectivity index is 2.41. The van der Waals surface area contributed by atoms with Gasteiger partial charge in [-0.1, -0.05) is 15.9 Å². The van der Waals surface area contributed by atoms with Crippen molar-refractivity contribution in [3.8, 4) is 0 Å². The van der Waals surface area contributed by atoms with E-state index in [4.69, 9.17) is 5.73 Å². The van der Waals surface area contributed by atoms with Crippen LogP contribution in [0.4, 0.5) is 4.39 Å². The number of thiophene rings is 1. The monoisotopic (exact) mass is 392 g/mol. The van der Waals surface area contributed by atoms with Gasteiger partial charge < -0.3 is 5.73 Å². The Labute approximate surface area is 135 Å². The van der Waals surface area contributed by atoms with Crippen molar-refractivity contribution in [3.05, 3.63) is 50.4 Å². The fourth-order valence-corrected chi connectivity index (χ4v) is 4.45. The van der Waals surface area contributed by atoms with Crippen LogP contribution < -0.4 is 5.73 Å². The van der Waals surface area contributed by atoms with Gasteiger partial charge in [-0.25, -0.2) is 12.8 Å². The molecule has 0 saturated carbocycles. The molecule has 21 heavy (non-hydrogen) atoms. The largest absolute Gasteiger partial charge is 0.326 e. The molecule has 0 amide bonds. The summed E-state index contributed by atoms with van der Waals surface area (Å²) in [5, 5.41) is 3.72. The van der Waals surface area contributed by atoms with E-state index in [9.17, 15) is 12.8 Å². The molecule has 1 aromatic carbocycles. The van der Waals surface area contributed by atoms with E-state index in [0.29, 0.717) is 4.47 Å². The van der Waals surface area contributed by atoms with Crippen molar-refractivity contribution in [3.63, 3.8) is 0 Å². The Bertz CT molecular complexity index is 733. The number of hydrogen-bond acceptors (Lipinski definition) is 4. The van der Waals surface area contributed by atoms with Gasteiger partial charge in [0.15, 0.2) is 0 Å². The first kappa shape index (κ1) is 16.6. The smallest absolute Gasteiger partial charge is 0.246 e. The van der Waals surface area contributed by atoms with E-state index < -0.39 is 15.8 Å². The molecule has 2 N–H and O–H groups in total. The van der Waals surface area contributed by atoms with E-state index in [2.05, 4.69) is 15.9 Å². The van der Waals surface area contributed by atoms with Gasteiger partial charge in [0.05, 0.1) is 0 Å². The molecule has 2 aromatic rings. The maximum absolute atomic E-state index is 14.3. The summed E-state index contributed by atoms with van der Waals surface area (Å²) in [4.78, 5) is -0.366. The summed E-state index contributed by atoms with van der Waals surface area (Å²) >= 11 is 4.67. The third kappa shape index (κ3) is 3.51. The maximum atomic E-state index is 14.3. The Morgan fingerprint density at radius 3 is 2.71 bits per heavy atom. The van der Waals surface area contributed by atoms with Crippen molar-refractivity contribution in [2.24, 2.45) is 5.73 Å². The molecule has 0 atom stereocenters. The van der Waals surface area contributed by atoms with E-state index in [0.717, 1.165) is 9.87 Å². The highest BCUT2D eigenvalue weighted by Crippen LogP contribution is 2.26. The minimum Gasteiger partial charge on any atom is -0.326 e. The van der Waals surface area contributed by atoms with Crippen LogP contribution >= 0.6 is 27.3 Å². The van der Waals surface area contributed by atoms with Crippen molar-refractivity contribution in [2.45, 2.75) is 18.0 Å². The maximum Gasteiger partial charge on any atom is 0.246 e. The fourth-order valence-electron chi connectivity index (χ4n) is 1.85. The predicted molar refractivity (Wildman–Crippen MR) is 85.0 cm³/mol. The van der Waals surface area contributed by atoms with Gasteiger partial charge in [0.2, 0.25) is 10.0 Å². The molecule has 0 fully saturated rings. The first-order chi connectivity index (χ1) is 9.86. The molecule has 8 heteroatoms. The summed E-state index contributed by atoms with van der Waals surface area (Å²) < 4.78 is 40.9. The molecule has 0 aliphatic rings. The zero-order chi connectivity index (χ0) is 15.6. The van der Waals surface area contributed by atoms with Crippen LogP contribution in [-0.2, 0) is 23.1 Å². The molecule has 0 bridgehead atoms. The third-order valence-corrected chi connectivity index (χ3v) is 5.97. The number of rotatable bonds is 5. The number of benzene rings is 1. The zero-order valence-electron chi connectivity index (χ0n) is 11.2. The Hall–Kier alpha value is -0.800. The second-order valence-corrected chi connectivity index (χ2v) is 8.18. The molecule has 4 nitrogen and oxygen atoms in total. The van der Waals surface area contributed by atoms with Gasteiger partial charge in [0.1, 0.15) is 10.7 Å². The zero-order valence-corrected chi connectivity index (χ0v) is 14.4. The summed E-state index contributed by atoms with van der Waals surface area (Å²) in [6.45, 7) is 0.123. The Morgan fingerprint density at radius 2 is 2.14 bits per heavy atom. The van der Waals surface area contributed by atoms with Crippen LogP contribution in [0.25, 0.3) is 0 Å². The number of hydrogen-bond donors (Lipinski definition) is 1. The highest BCUT2D eigenvalue weighted by atomic mass is 79.9. The molecule has 2 rings (SSSR count). The van der Waals surface area contributed by atoms with E-state index in [1.54, 1.807) is 0 Å².